The molecule has 2 unspecified atom stereocenters. The maximum atomic E-state index is 3.53. The van der Waals surface area contributed by atoms with Crippen LogP contribution in [0.2, 0.25) is 0 Å². The van der Waals surface area contributed by atoms with E-state index < -0.39 is 0 Å². The largest absolute Gasteiger partial charge is 0.748 e. The molecule has 2 heteroatoms. The predicted octanol–water partition coefficient (Wildman–Crippen LogP) is 4.26. The van der Waals surface area contributed by atoms with Crippen molar-refractivity contribution in [3.8, 4) is 0 Å². The average Bonchev–Trinajstić information content (AvgIpc) is 3.04. The molecule has 0 saturated heterocycles. The summed E-state index contributed by atoms with van der Waals surface area (Å²) >= 11 is 0. The zero-order valence-electron chi connectivity index (χ0n) is 11.4. The molecule has 0 spiro atoms. The Bertz CT molecular complexity index is 333. The molecule has 0 aromatic heterocycles. The average molecular weight is 330 g/mol. The molecule has 2 aromatic carbocycles. The van der Waals surface area contributed by atoms with Crippen LogP contribution in [0.3, 0.4) is 0 Å². The van der Waals surface area contributed by atoms with Gasteiger partial charge in [-0.05, 0) is 19.4 Å². The van der Waals surface area contributed by atoms with Crippen molar-refractivity contribution < 1.29 is 19.5 Å². The molecule has 1 N–H and O–H groups in total. The summed E-state index contributed by atoms with van der Waals surface area (Å²) in [6.45, 7) is 6.64. The Balaban J connectivity index is 0.000000405. The van der Waals surface area contributed by atoms with Gasteiger partial charge in [0.15, 0.2) is 0 Å². The molecule has 0 fully saturated rings. The summed E-state index contributed by atoms with van der Waals surface area (Å²) < 4.78 is 0. The van der Waals surface area contributed by atoms with Gasteiger partial charge in [0.05, 0.1) is 0 Å². The minimum atomic E-state index is 0. The Hall–Kier alpha value is -0.717. The monoisotopic (exact) mass is 331 g/mol. The smallest absolute Gasteiger partial charge is 0.00313 e. The topological polar surface area (TPSA) is 12.0 Å². The second kappa shape index (κ2) is 10.2. The minimum absolute atomic E-state index is 0. The van der Waals surface area contributed by atoms with Crippen LogP contribution in [0.4, 0.5) is 0 Å². The SMILES string of the molecule is CCC(C)NC(C)[c-]1cccc1.[Ru].[cH-]1[cH-][cH-][cH-][cH-]1. The third-order valence-electron chi connectivity index (χ3n) is 2.89. The molecule has 2 atom stereocenters. The summed E-state index contributed by atoms with van der Waals surface area (Å²) in [6, 6.07) is 19.6. The van der Waals surface area contributed by atoms with Gasteiger partial charge in [-0.15, -0.1) is 5.56 Å². The van der Waals surface area contributed by atoms with Crippen LogP contribution >= 0.6 is 0 Å². The molecule has 18 heavy (non-hydrogen) atoms. The third kappa shape index (κ3) is 6.88. The van der Waals surface area contributed by atoms with E-state index in [4.69, 9.17) is 0 Å². The number of hydrogen-bond donors (Lipinski definition) is 1. The molecule has 0 aliphatic heterocycles. The Morgan fingerprint density at radius 1 is 1.00 bits per heavy atom. The van der Waals surface area contributed by atoms with Crippen LogP contribution < -0.4 is 5.32 Å². The first-order valence-corrected chi connectivity index (χ1v) is 6.38. The summed E-state index contributed by atoms with van der Waals surface area (Å²) in [7, 11) is 0. The van der Waals surface area contributed by atoms with Gasteiger partial charge >= 0.3 is 0 Å². The Kier molecular flexibility index (Phi) is 9.82. The van der Waals surface area contributed by atoms with Crippen LogP contribution in [-0.4, -0.2) is 6.04 Å². The van der Waals surface area contributed by atoms with Crippen molar-refractivity contribution in [2.75, 3.05) is 0 Å². The fourth-order valence-corrected chi connectivity index (χ4v) is 1.64. The van der Waals surface area contributed by atoms with Crippen LogP contribution in [0.25, 0.3) is 0 Å². The van der Waals surface area contributed by atoms with E-state index in [9.17, 15) is 0 Å². The first-order chi connectivity index (χ1) is 8.24. The molecule has 0 radical (unpaired) electrons. The molecule has 2 rings (SSSR count). The van der Waals surface area contributed by atoms with Crippen molar-refractivity contribution in [3.63, 3.8) is 0 Å². The van der Waals surface area contributed by atoms with Crippen LogP contribution in [0.5, 0.6) is 0 Å². The maximum absolute atomic E-state index is 3.53. The fourth-order valence-electron chi connectivity index (χ4n) is 1.64. The van der Waals surface area contributed by atoms with E-state index >= 15 is 0 Å². The van der Waals surface area contributed by atoms with Crippen LogP contribution in [0.15, 0.2) is 54.6 Å². The van der Waals surface area contributed by atoms with Gasteiger partial charge in [-0.1, -0.05) is 13.8 Å². The quantitative estimate of drug-likeness (QED) is 0.652. The van der Waals surface area contributed by atoms with Gasteiger partial charge in [-0.25, -0.2) is 12.1 Å². The molecule has 0 aliphatic rings. The summed E-state index contributed by atoms with van der Waals surface area (Å²) in [5, 5.41) is 3.53. The molecule has 0 saturated carbocycles. The maximum Gasteiger partial charge on any atom is 0.00313 e. The van der Waals surface area contributed by atoms with Crippen molar-refractivity contribution >= 4 is 0 Å². The van der Waals surface area contributed by atoms with Gasteiger partial charge in [-0.3, -0.25) is 0 Å². The van der Waals surface area contributed by atoms with Crippen molar-refractivity contribution in [1.29, 1.82) is 0 Å². The van der Waals surface area contributed by atoms with Crippen molar-refractivity contribution in [3.05, 3.63) is 60.2 Å². The van der Waals surface area contributed by atoms with Crippen LogP contribution in [0, 0.1) is 0 Å². The summed E-state index contributed by atoms with van der Waals surface area (Å²) in [6.07, 6.45) is 1.19. The van der Waals surface area contributed by atoms with E-state index in [1.807, 2.05) is 30.3 Å². The summed E-state index contributed by atoms with van der Waals surface area (Å²) in [4.78, 5) is 0. The molecule has 2 aromatic rings. The van der Waals surface area contributed by atoms with Gasteiger partial charge in [-0.2, -0.15) is 12.1 Å². The molecule has 0 amide bonds. The summed E-state index contributed by atoms with van der Waals surface area (Å²) in [5.74, 6) is 0. The van der Waals surface area contributed by atoms with E-state index in [0.29, 0.717) is 12.1 Å². The minimum Gasteiger partial charge on any atom is -0.748 e. The van der Waals surface area contributed by atoms with Gasteiger partial charge in [0.1, 0.15) is 0 Å². The van der Waals surface area contributed by atoms with Crippen molar-refractivity contribution in [2.45, 2.75) is 39.3 Å². The predicted molar refractivity (Wildman–Crippen MR) is 75.4 cm³/mol. The van der Waals surface area contributed by atoms with Gasteiger partial charge in [0.25, 0.3) is 0 Å². The zero-order valence-corrected chi connectivity index (χ0v) is 13.1. The van der Waals surface area contributed by atoms with Gasteiger partial charge in [0, 0.05) is 25.5 Å². The normalized spacial score (nSPS) is 12.8. The second-order valence-electron chi connectivity index (χ2n) is 4.38. The third-order valence-corrected chi connectivity index (χ3v) is 2.89. The number of rotatable bonds is 4. The number of nitrogens with one attached hydrogen (secondary N) is 1. The van der Waals surface area contributed by atoms with Crippen molar-refractivity contribution in [1.82, 2.24) is 5.32 Å². The van der Waals surface area contributed by atoms with E-state index in [1.165, 1.54) is 12.0 Å². The zero-order chi connectivity index (χ0) is 12.5. The molecule has 0 bridgehead atoms. The van der Waals surface area contributed by atoms with E-state index in [2.05, 4.69) is 50.4 Å². The van der Waals surface area contributed by atoms with Crippen LogP contribution in [0.1, 0.15) is 38.8 Å². The Labute approximate surface area is 124 Å². The van der Waals surface area contributed by atoms with Gasteiger partial charge in [0.2, 0.25) is 0 Å². The molecule has 0 heterocycles. The molecular formula is C16H23NRu-6. The van der Waals surface area contributed by atoms with Gasteiger partial charge < -0.3 is 35.6 Å². The van der Waals surface area contributed by atoms with E-state index in [0.717, 1.165) is 0 Å². The Morgan fingerprint density at radius 3 is 1.83 bits per heavy atom. The molecule has 106 valence electrons. The standard InChI is InChI=1S/C11H18N.C5H5.Ru/c1-4-9(2)12-10(3)11-7-5-6-8-11;1-2-4-5-3-1;/h5-10,12H,4H2,1-3H3;1-5H;/q-1;-5;. The van der Waals surface area contributed by atoms with E-state index in [-0.39, 0.29) is 19.5 Å². The van der Waals surface area contributed by atoms with E-state index in [1.54, 1.807) is 0 Å². The Morgan fingerprint density at radius 2 is 1.44 bits per heavy atom. The first-order valence-electron chi connectivity index (χ1n) is 6.38. The van der Waals surface area contributed by atoms with Crippen LogP contribution in [-0.2, 0) is 19.5 Å². The van der Waals surface area contributed by atoms with Crippen molar-refractivity contribution in [2.24, 2.45) is 0 Å². The summed E-state index contributed by atoms with van der Waals surface area (Å²) in [5.41, 5.74) is 1.38. The molecular weight excluding hydrogens is 307 g/mol. The second-order valence-corrected chi connectivity index (χ2v) is 4.38. The molecule has 0 aliphatic carbocycles. The fraction of sp³-hybridized carbons (Fsp3) is 0.375. The number of hydrogen-bond acceptors (Lipinski definition) is 1. The first kappa shape index (κ1) is 17.3. The molecule has 1 nitrogen and oxygen atoms in total.